The van der Waals surface area contributed by atoms with Crippen LogP contribution in [0.3, 0.4) is 0 Å². The Morgan fingerprint density at radius 2 is 2.22 bits per heavy atom. The fraction of sp³-hybridized carbons (Fsp3) is 0.545. The van der Waals surface area contributed by atoms with E-state index in [1.165, 1.54) is 19.2 Å². The lowest BCUT2D eigenvalue weighted by atomic mass is 10.2. The van der Waals surface area contributed by atoms with Crippen LogP contribution in [0.1, 0.15) is 30.3 Å². The fourth-order valence-electron chi connectivity index (χ4n) is 1.55. The Bertz CT molecular complexity index is 473. The van der Waals surface area contributed by atoms with Crippen LogP contribution in [0.15, 0.2) is 21.6 Å². The van der Waals surface area contributed by atoms with Crippen LogP contribution in [0.25, 0.3) is 0 Å². The summed E-state index contributed by atoms with van der Waals surface area (Å²) >= 11 is 0. The van der Waals surface area contributed by atoms with Crippen LogP contribution in [0.4, 0.5) is 0 Å². The molecule has 0 aliphatic heterocycles. The Morgan fingerprint density at radius 1 is 1.50 bits per heavy atom. The smallest absolute Gasteiger partial charge is 0.274 e. The Kier molecular flexibility index (Phi) is 5.52. The summed E-state index contributed by atoms with van der Waals surface area (Å²) in [5, 5.41) is -0.262. The lowest BCUT2D eigenvalue weighted by Crippen LogP contribution is -2.37. The maximum absolute atomic E-state index is 11.9. The fourth-order valence-corrected chi connectivity index (χ4v) is 2.74. The third-order valence-electron chi connectivity index (χ3n) is 2.31. The lowest BCUT2D eigenvalue weighted by molar-refractivity contribution is 0.109. The highest BCUT2D eigenvalue weighted by Crippen LogP contribution is 2.13. The number of sulfonamides is 1. The molecule has 18 heavy (non-hydrogen) atoms. The van der Waals surface area contributed by atoms with Crippen LogP contribution < -0.4 is 4.72 Å². The summed E-state index contributed by atoms with van der Waals surface area (Å²) in [6.07, 6.45) is 1.94. The van der Waals surface area contributed by atoms with Gasteiger partial charge in [-0.3, -0.25) is 4.79 Å². The van der Waals surface area contributed by atoms with Crippen molar-refractivity contribution in [1.82, 2.24) is 4.72 Å². The molecule has 0 aliphatic carbocycles. The van der Waals surface area contributed by atoms with Crippen molar-refractivity contribution in [3.05, 3.63) is 17.9 Å². The molecule has 0 aromatic carbocycles. The molecule has 6 nitrogen and oxygen atoms in total. The number of nitrogens with one attached hydrogen (secondary N) is 1. The van der Waals surface area contributed by atoms with Crippen molar-refractivity contribution in [3.8, 4) is 0 Å². The van der Waals surface area contributed by atoms with Crippen molar-refractivity contribution in [2.45, 2.75) is 30.9 Å². The molecule has 0 bridgehead atoms. The van der Waals surface area contributed by atoms with E-state index >= 15 is 0 Å². The molecule has 0 aliphatic rings. The Morgan fingerprint density at radius 3 is 2.72 bits per heavy atom. The van der Waals surface area contributed by atoms with Crippen molar-refractivity contribution < 1.29 is 22.4 Å². The molecule has 102 valence electrons. The van der Waals surface area contributed by atoms with Crippen molar-refractivity contribution >= 4 is 16.3 Å². The van der Waals surface area contributed by atoms with Crippen LogP contribution in [0, 0.1) is 0 Å². The number of hydrogen-bond acceptors (Lipinski definition) is 5. The molecule has 1 heterocycles. The molecule has 1 rings (SSSR count). The van der Waals surface area contributed by atoms with Gasteiger partial charge in [-0.1, -0.05) is 13.3 Å². The summed E-state index contributed by atoms with van der Waals surface area (Å²) in [7, 11) is -2.24. The van der Waals surface area contributed by atoms with Gasteiger partial charge in [0.1, 0.15) is 0 Å². The van der Waals surface area contributed by atoms with Gasteiger partial charge in [-0.15, -0.1) is 0 Å². The van der Waals surface area contributed by atoms with Gasteiger partial charge >= 0.3 is 0 Å². The highest BCUT2D eigenvalue weighted by molar-refractivity contribution is 7.89. The molecular weight excluding hydrogens is 258 g/mol. The first-order chi connectivity index (χ1) is 8.53. The van der Waals surface area contributed by atoms with E-state index in [2.05, 4.69) is 4.72 Å². The standard InChI is InChI=1S/C11H17NO5S/c1-3-4-9(8-16-2)12-18(14,15)11-6-5-10(7-13)17-11/h5-7,9,12H,3-4,8H2,1-2H3. The quantitative estimate of drug-likeness (QED) is 0.720. The number of carbonyl (C=O) groups excluding carboxylic acids is 1. The van der Waals surface area contributed by atoms with E-state index in [0.717, 1.165) is 6.42 Å². The average Bonchev–Trinajstić information content (AvgIpc) is 2.78. The first kappa shape index (κ1) is 14.9. The number of carbonyl (C=O) groups is 1. The molecule has 1 aromatic heterocycles. The molecule has 1 atom stereocenters. The van der Waals surface area contributed by atoms with Crippen LogP contribution in [0.2, 0.25) is 0 Å². The summed E-state index contributed by atoms with van der Waals surface area (Å²) in [5.41, 5.74) is 0. The number of rotatable bonds is 8. The Balaban J connectivity index is 2.82. The maximum atomic E-state index is 11.9. The van der Waals surface area contributed by atoms with Gasteiger partial charge in [0.25, 0.3) is 10.0 Å². The van der Waals surface area contributed by atoms with Crippen LogP contribution in [0.5, 0.6) is 0 Å². The second-order valence-corrected chi connectivity index (χ2v) is 5.48. The Hall–Kier alpha value is -1.18. The molecular formula is C11H17NO5S. The first-order valence-corrected chi connectivity index (χ1v) is 7.08. The molecule has 0 radical (unpaired) electrons. The van der Waals surface area contributed by atoms with E-state index in [0.29, 0.717) is 12.7 Å². The number of ether oxygens (including phenoxy) is 1. The van der Waals surface area contributed by atoms with E-state index in [1.54, 1.807) is 0 Å². The van der Waals surface area contributed by atoms with E-state index in [4.69, 9.17) is 9.15 Å². The minimum atomic E-state index is -3.75. The predicted octanol–water partition coefficient (Wildman–Crippen LogP) is 1.19. The highest BCUT2D eigenvalue weighted by atomic mass is 32.2. The second kappa shape index (κ2) is 6.67. The van der Waals surface area contributed by atoms with Gasteiger partial charge < -0.3 is 9.15 Å². The van der Waals surface area contributed by atoms with E-state index in [9.17, 15) is 13.2 Å². The number of aldehydes is 1. The van der Waals surface area contributed by atoms with E-state index in [1.807, 2.05) is 6.92 Å². The van der Waals surface area contributed by atoms with E-state index in [-0.39, 0.29) is 23.5 Å². The minimum absolute atomic E-state index is 0.0193. The van der Waals surface area contributed by atoms with Crippen LogP contribution >= 0.6 is 0 Å². The normalized spacial score (nSPS) is 13.4. The van der Waals surface area contributed by atoms with Gasteiger partial charge in [-0.2, -0.15) is 0 Å². The van der Waals surface area contributed by atoms with Crippen molar-refractivity contribution in [1.29, 1.82) is 0 Å². The molecule has 0 saturated heterocycles. The van der Waals surface area contributed by atoms with Gasteiger partial charge in [0, 0.05) is 13.2 Å². The topological polar surface area (TPSA) is 85.6 Å². The van der Waals surface area contributed by atoms with Crippen LogP contribution in [-0.2, 0) is 14.8 Å². The van der Waals surface area contributed by atoms with Crippen molar-refractivity contribution in [2.24, 2.45) is 0 Å². The molecule has 0 saturated carbocycles. The SMILES string of the molecule is CCCC(COC)NS(=O)(=O)c1ccc(C=O)o1. The molecule has 1 N–H and O–H groups in total. The molecule has 7 heteroatoms. The largest absolute Gasteiger partial charge is 0.440 e. The van der Waals surface area contributed by atoms with Crippen LogP contribution in [-0.4, -0.2) is 34.5 Å². The monoisotopic (exact) mass is 275 g/mol. The van der Waals surface area contributed by atoms with Crippen molar-refractivity contribution in [2.75, 3.05) is 13.7 Å². The number of methoxy groups -OCH3 is 1. The third-order valence-corrected chi connectivity index (χ3v) is 3.70. The first-order valence-electron chi connectivity index (χ1n) is 5.59. The Labute approximate surface area is 106 Å². The summed E-state index contributed by atoms with van der Waals surface area (Å²) < 4.78 is 36.2. The summed E-state index contributed by atoms with van der Waals surface area (Å²) in [6.45, 7) is 2.24. The van der Waals surface area contributed by atoms with Gasteiger partial charge in [-0.25, -0.2) is 13.1 Å². The zero-order valence-corrected chi connectivity index (χ0v) is 11.2. The summed E-state index contributed by atoms with van der Waals surface area (Å²) in [4.78, 5) is 10.4. The molecule has 1 unspecified atom stereocenters. The van der Waals surface area contributed by atoms with Gasteiger partial charge in [-0.05, 0) is 18.6 Å². The summed E-state index contributed by atoms with van der Waals surface area (Å²) in [5.74, 6) is -0.0193. The molecule has 1 aromatic rings. The number of hydrogen-bond donors (Lipinski definition) is 1. The van der Waals surface area contributed by atoms with Gasteiger partial charge in [0.2, 0.25) is 5.09 Å². The zero-order chi connectivity index (χ0) is 13.6. The predicted molar refractivity (Wildman–Crippen MR) is 65.0 cm³/mol. The van der Waals surface area contributed by atoms with Gasteiger partial charge in [0.15, 0.2) is 12.0 Å². The zero-order valence-electron chi connectivity index (χ0n) is 10.4. The molecule has 0 spiro atoms. The van der Waals surface area contributed by atoms with E-state index < -0.39 is 10.0 Å². The molecule has 0 fully saturated rings. The number of furan rings is 1. The molecule has 0 amide bonds. The third kappa shape index (κ3) is 3.94. The van der Waals surface area contributed by atoms with Gasteiger partial charge in [0.05, 0.1) is 6.61 Å². The average molecular weight is 275 g/mol. The minimum Gasteiger partial charge on any atom is -0.440 e. The highest BCUT2D eigenvalue weighted by Gasteiger charge is 2.22. The maximum Gasteiger partial charge on any atom is 0.274 e. The lowest BCUT2D eigenvalue weighted by Gasteiger charge is -2.15. The second-order valence-electron chi connectivity index (χ2n) is 3.84. The summed E-state index contributed by atoms with van der Waals surface area (Å²) in [6, 6.07) is 2.25. The van der Waals surface area contributed by atoms with Crippen molar-refractivity contribution in [3.63, 3.8) is 0 Å².